The fourth-order valence-electron chi connectivity index (χ4n) is 4.31. The monoisotopic (exact) mass is 556 g/mol. The zero-order chi connectivity index (χ0) is 28.5. The third kappa shape index (κ3) is 7.77. The molecule has 1 aromatic heterocycles. The van der Waals surface area contributed by atoms with Crippen molar-refractivity contribution in [1.82, 2.24) is 14.5 Å². The number of hydrogen-bond donors (Lipinski definition) is 1. The van der Waals surface area contributed by atoms with E-state index < -0.39 is 27.8 Å². The highest BCUT2D eigenvalue weighted by atomic mass is 32.2. The molecule has 0 spiro atoms. The van der Waals surface area contributed by atoms with Crippen molar-refractivity contribution in [3.63, 3.8) is 0 Å². The minimum atomic E-state index is -4.17. The standard InChI is InChI=1S/C31H32N4O4S/c1-24(2)35(28-16-10-5-11-17-28)31(37)29(20-27-21-32-34(23-27)22-26-14-8-4-9-15-26)30(36)33-40(38,39)19-18-25-12-6-3-7-13-25/h3-19,21,23-24,29H,20,22H2,1-2H3,(H,33,36)/b19-18+. The number of aromatic nitrogens is 2. The Bertz CT molecular complexity index is 1550. The Kier molecular flexibility index (Phi) is 9.29. The van der Waals surface area contributed by atoms with Crippen molar-refractivity contribution in [2.24, 2.45) is 5.92 Å². The lowest BCUT2D eigenvalue weighted by Crippen LogP contribution is -2.48. The second-order valence-corrected chi connectivity index (χ2v) is 11.2. The van der Waals surface area contributed by atoms with E-state index in [9.17, 15) is 18.0 Å². The number of sulfonamides is 1. The Hall–Kier alpha value is -4.50. The molecule has 206 valence electrons. The summed E-state index contributed by atoms with van der Waals surface area (Å²) in [5.41, 5.74) is 2.97. The Labute approximate surface area is 235 Å². The van der Waals surface area contributed by atoms with Crippen molar-refractivity contribution in [3.05, 3.63) is 125 Å². The quantitative estimate of drug-likeness (QED) is 0.271. The zero-order valence-corrected chi connectivity index (χ0v) is 23.2. The van der Waals surface area contributed by atoms with Crippen LogP contribution in [0.2, 0.25) is 0 Å². The highest BCUT2D eigenvalue weighted by Crippen LogP contribution is 2.22. The van der Waals surface area contributed by atoms with E-state index in [1.807, 2.05) is 56.3 Å². The molecule has 1 N–H and O–H groups in total. The van der Waals surface area contributed by atoms with Crippen molar-refractivity contribution in [2.45, 2.75) is 32.9 Å². The summed E-state index contributed by atoms with van der Waals surface area (Å²) in [6, 6.07) is 27.4. The largest absolute Gasteiger partial charge is 0.309 e. The first-order chi connectivity index (χ1) is 19.2. The van der Waals surface area contributed by atoms with Crippen molar-refractivity contribution in [1.29, 1.82) is 0 Å². The van der Waals surface area contributed by atoms with Gasteiger partial charge in [-0.2, -0.15) is 5.10 Å². The van der Waals surface area contributed by atoms with Gasteiger partial charge in [0.2, 0.25) is 11.8 Å². The maximum absolute atomic E-state index is 13.9. The molecular formula is C31H32N4O4S. The molecule has 0 aliphatic rings. The van der Waals surface area contributed by atoms with Gasteiger partial charge in [-0.15, -0.1) is 0 Å². The number of carbonyl (C=O) groups is 2. The molecule has 8 nitrogen and oxygen atoms in total. The van der Waals surface area contributed by atoms with Crippen LogP contribution < -0.4 is 9.62 Å². The van der Waals surface area contributed by atoms with Crippen LogP contribution in [0.25, 0.3) is 6.08 Å². The molecular weight excluding hydrogens is 524 g/mol. The van der Waals surface area contributed by atoms with Gasteiger partial charge in [0, 0.05) is 17.9 Å². The smallest absolute Gasteiger partial charge is 0.257 e. The van der Waals surface area contributed by atoms with Crippen LogP contribution in [0.15, 0.2) is 109 Å². The molecule has 2 amide bonds. The van der Waals surface area contributed by atoms with Crippen LogP contribution in [0.1, 0.15) is 30.5 Å². The molecule has 0 saturated heterocycles. The van der Waals surface area contributed by atoms with Crippen LogP contribution in [0.3, 0.4) is 0 Å². The maximum atomic E-state index is 13.9. The summed E-state index contributed by atoms with van der Waals surface area (Å²) >= 11 is 0. The lowest BCUT2D eigenvalue weighted by Gasteiger charge is -2.30. The predicted octanol–water partition coefficient (Wildman–Crippen LogP) is 4.65. The second kappa shape index (κ2) is 13.0. The number of para-hydroxylation sites is 1. The number of anilines is 1. The number of rotatable bonds is 11. The highest BCUT2D eigenvalue weighted by molar-refractivity contribution is 7.93. The van der Waals surface area contributed by atoms with Crippen molar-refractivity contribution in [3.8, 4) is 0 Å². The number of carbonyl (C=O) groups excluding carboxylic acids is 2. The van der Waals surface area contributed by atoms with Gasteiger partial charge in [-0.25, -0.2) is 13.1 Å². The average molecular weight is 557 g/mol. The maximum Gasteiger partial charge on any atom is 0.257 e. The molecule has 0 radical (unpaired) electrons. The normalized spacial score (nSPS) is 12.4. The van der Waals surface area contributed by atoms with Gasteiger partial charge in [0.1, 0.15) is 5.92 Å². The minimum Gasteiger partial charge on any atom is -0.309 e. The van der Waals surface area contributed by atoms with E-state index in [0.29, 0.717) is 23.4 Å². The summed E-state index contributed by atoms with van der Waals surface area (Å²) in [5, 5.41) is 5.32. The topological polar surface area (TPSA) is 101 Å². The van der Waals surface area contributed by atoms with Crippen LogP contribution in [0, 0.1) is 5.92 Å². The van der Waals surface area contributed by atoms with Crippen LogP contribution in [-0.2, 0) is 32.6 Å². The summed E-state index contributed by atoms with van der Waals surface area (Å²) in [6.07, 6.45) is 4.74. The fourth-order valence-corrected chi connectivity index (χ4v) is 5.14. The zero-order valence-electron chi connectivity index (χ0n) is 22.4. The average Bonchev–Trinajstić information content (AvgIpc) is 3.38. The molecule has 4 aromatic rings. The van der Waals surface area contributed by atoms with Crippen molar-refractivity contribution < 1.29 is 18.0 Å². The van der Waals surface area contributed by atoms with E-state index in [1.54, 1.807) is 65.6 Å². The van der Waals surface area contributed by atoms with Gasteiger partial charge >= 0.3 is 0 Å². The SMILES string of the molecule is CC(C)N(C(=O)C(Cc1cnn(Cc2ccccc2)c1)C(=O)NS(=O)(=O)/C=C/c1ccccc1)c1ccccc1. The van der Waals surface area contributed by atoms with Crippen molar-refractivity contribution >= 4 is 33.6 Å². The molecule has 1 atom stereocenters. The van der Waals surface area contributed by atoms with E-state index in [1.165, 1.54) is 11.0 Å². The molecule has 40 heavy (non-hydrogen) atoms. The molecule has 0 saturated carbocycles. The van der Waals surface area contributed by atoms with E-state index in [4.69, 9.17) is 0 Å². The first-order valence-electron chi connectivity index (χ1n) is 12.9. The van der Waals surface area contributed by atoms with Gasteiger partial charge in [0.15, 0.2) is 0 Å². The molecule has 0 aliphatic carbocycles. The van der Waals surface area contributed by atoms with Gasteiger partial charge in [-0.05, 0) is 55.2 Å². The van der Waals surface area contributed by atoms with Crippen LogP contribution in [0.5, 0.6) is 0 Å². The van der Waals surface area contributed by atoms with Gasteiger partial charge < -0.3 is 4.90 Å². The Morgan fingerprint density at radius 1 is 0.900 bits per heavy atom. The van der Waals surface area contributed by atoms with E-state index in [2.05, 4.69) is 9.82 Å². The Morgan fingerprint density at radius 2 is 1.50 bits per heavy atom. The number of hydrogen-bond acceptors (Lipinski definition) is 5. The predicted molar refractivity (Wildman–Crippen MR) is 157 cm³/mol. The summed E-state index contributed by atoms with van der Waals surface area (Å²) < 4.78 is 29.4. The number of nitrogens with one attached hydrogen (secondary N) is 1. The highest BCUT2D eigenvalue weighted by Gasteiger charge is 2.35. The lowest BCUT2D eigenvalue weighted by molar-refractivity contribution is -0.132. The third-order valence-corrected chi connectivity index (χ3v) is 7.18. The van der Waals surface area contributed by atoms with Gasteiger partial charge in [0.25, 0.3) is 10.0 Å². The summed E-state index contributed by atoms with van der Waals surface area (Å²) in [5.74, 6) is -2.71. The number of nitrogens with zero attached hydrogens (tertiary/aromatic N) is 3. The van der Waals surface area contributed by atoms with Gasteiger partial charge in [0.05, 0.1) is 18.1 Å². The summed E-state index contributed by atoms with van der Waals surface area (Å²) in [6.45, 7) is 4.21. The summed E-state index contributed by atoms with van der Waals surface area (Å²) in [7, 11) is -4.17. The molecule has 1 heterocycles. The molecule has 3 aromatic carbocycles. The van der Waals surface area contributed by atoms with E-state index >= 15 is 0 Å². The minimum absolute atomic E-state index is 0.0204. The molecule has 0 aliphatic heterocycles. The summed E-state index contributed by atoms with van der Waals surface area (Å²) in [4.78, 5) is 28.9. The Balaban J connectivity index is 1.60. The molecule has 1 unspecified atom stereocenters. The molecule has 0 fully saturated rings. The Morgan fingerprint density at radius 3 is 2.12 bits per heavy atom. The second-order valence-electron chi connectivity index (χ2n) is 9.65. The molecule has 4 rings (SSSR count). The van der Waals surface area contributed by atoms with Crippen LogP contribution >= 0.6 is 0 Å². The first kappa shape index (κ1) is 28.5. The van der Waals surface area contributed by atoms with E-state index in [0.717, 1.165) is 11.0 Å². The van der Waals surface area contributed by atoms with Gasteiger partial charge in [-0.1, -0.05) is 78.9 Å². The number of amides is 2. The molecule has 9 heteroatoms. The van der Waals surface area contributed by atoms with Crippen molar-refractivity contribution in [2.75, 3.05) is 4.90 Å². The van der Waals surface area contributed by atoms with Crippen LogP contribution in [-0.4, -0.2) is 36.1 Å². The first-order valence-corrected chi connectivity index (χ1v) is 14.5. The third-order valence-electron chi connectivity index (χ3n) is 6.20. The number of benzene rings is 3. The van der Waals surface area contributed by atoms with Crippen LogP contribution in [0.4, 0.5) is 5.69 Å². The molecule has 0 bridgehead atoms. The van der Waals surface area contributed by atoms with E-state index in [-0.39, 0.29) is 12.5 Å². The van der Waals surface area contributed by atoms with Gasteiger partial charge in [-0.3, -0.25) is 14.3 Å². The fraction of sp³-hybridized carbons (Fsp3) is 0.194. The lowest BCUT2D eigenvalue weighted by atomic mass is 9.98.